The lowest BCUT2D eigenvalue weighted by atomic mass is 9.87. The van der Waals surface area contributed by atoms with Gasteiger partial charge in [0.15, 0.2) is 0 Å². The van der Waals surface area contributed by atoms with Crippen LogP contribution in [-0.4, -0.2) is 34.8 Å². The van der Waals surface area contributed by atoms with E-state index in [0.29, 0.717) is 0 Å². The highest BCUT2D eigenvalue weighted by Crippen LogP contribution is 2.27. The minimum absolute atomic E-state index is 0. The fraction of sp³-hybridized carbons (Fsp3) is 0.692. The van der Waals surface area contributed by atoms with Gasteiger partial charge in [0.05, 0.1) is 0 Å². The molecule has 0 radical (unpaired) electrons. The van der Waals surface area contributed by atoms with E-state index in [0.717, 1.165) is 32.4 Å². The smallest absolute Gasteiger partial charge is 0.248 e. The zero-order valence-corrected chi connectivity index (χ0v) is 12.4. The Labute approximate surface area is 120 Å². The standard InChI is InChI=1S/C13H22N4O.ClH/c1-3-11(2)16-12(18)13(5-8-14-9-6-13)17-10-4-7-15-17;/h4,7,10-11,14H,3,5-6,8-9H2,1-2H3,(H,16,18);1H. The van der Waals surface area contributed by atoms with E-state index in [1.807, 2.05) is 23.9 Å². The first-order valence-corrected chi connectivity index (χ1v) is 6.71. The van der Waals surface area contributed by atoms with Crippen molar-refractivity contribution in [1.29, 1.82) is 0 Å². The van der Waals surface area contributed by atoms with Crippen molar-refractivity contribution in [2.75, 3.05) is 13.1 Å². The van der Waals surface area contributed by atoms with Crippen LogP contribution in [0, 0.1) is 0 Å². The summed E-state index contributed by atoms with van der Waals surface area (Å²) in [5, 5.41) is 10.7. The first-order chi connectivity index (χ1) is 8.69. The van der Waals surface area contributed by atoms with Crippen molar-refractivity contribution in [2.45, 2.75) is 44.7 Å². The van der Waals surface area contributed by atoms with Crippen LogP contribution in [0.3, 0.4) is 0 Å². The van der Waals surface area contributed by atoms with Crippen LogP contribution in [-0.2, 0) is 10.3 Å². The van der Waals surface area contributed by atoms with Gasteiger partial charge in [-0.1, -0.05) is 6.92 Å². The number of aromatic nitrogens is 2. The molecule has 2 rings (SSSR count). The second-order valence-corrected chi connectivity index (χ2v) is 5.01. The summed E-state index contributed by atoms with van der Waals surface area (Å²) in [5.74, 6) is 0.0991. The molecule has 0 bridgehead atoms. The lowest BCUT2D eigenvalue weighted by Gasteiger charge is -2.37. The molecule has 1 fully saturated rings. The minimum atomic E-state index is -0.516. The third kappa shape index (κ3) is 3.28. The number of halogens is 1. The van der Waals surface area contributed by atoms with Crippen molar-refractivity contribution in [3.63, 3.8) is 0 Å². The van der Waals surface area contributed by atoms with Crippen molar-refractivity contribution in [3.8, 4) is 0 Å². The van der Waals surface area contributed by atoms with Crippen molar-refractivity contribution in [1.82, 2.24) is 20.4 Å². The normalized spacial score (nSPS) is 19.3. The number of amides is 1. The molecule has 1 aromatic rings. The lowest BCUT2D eigenvalue weighted by Crippen LogP contribution is -2.56. The molecule has 1 aliphatic rings. The summed E-state index contributed by atoms with van der Waals surface area (Å²) in [6, 6.07) is 2.08. The number of carbonyl (C=O) groups excluding carboxylic acids is 1. The number of rotatable bonds is 4. The quantitative estimate of drug-likeness (QED) is 0.877. The molecule has 2 N–H and O–H groups in total. The number of nitrogens with one attached hydrogen (secondary N) is 2. The molecule has 108 valence electrons. The van der Waals surface area contributed by atoms with Gasteiger partial charge in [-0.15, -0.1) is 12.4 Å². The molecule has 5 nitrogen and oxygen atoms in total. The minimum Gasteiger partial charge on any atom is -0.352 e. The summed E-state index contributed by atoms with van der Waals surface area (Å²) in [6.45, 7) is 5.82. The van der Waals surface area contributed by atoms with Crippen LogP contribution in [0.2, 0.25) is 0 Å². The molecule has 1 aromatic heterocycles. The average molecular weight is 287 g/mol. The molecule has 19 heavy (non-hydrogen) atoms. The largest absolute Gasteiger partial charge is 0.352 e. The fourth-order valence-corrected chi connectivity index (χ4v) is 2.38. The average Bonchev–Trinajstić information content (AvgIpc) is 2.93. The van der Waals surface area contributed by atoms with Crippen LogP contribution < -0.4 is 10.6 Å². The Morgan fingerprint density at radius 2 is 2.21 bits per heavy atom. The maximum Gasteiger partial charge on any atom is 0.248 e. The van der Waals surface area contributed by atoms with Gasteiger partial charge < -0.3 is 10.6 Å². The zero-order valence-electron chi connectivity index (χ0n) is 11.6. The van der Waals surface area contributed by atoms with Gasteiger partial charge in [-0.2, -0.15) is 5.10 Å². The van der Waals surface area contributed by atoms with Crippen LogP contribution in [0.5, 0.6) is 0 Å². The summed E-state index contributed by atoms with van der Waals surface area (Å²) in [7, 11) is 0. The lowest BCUT2D eigenvalue weighted by molar-refractivity contribution is -0.132. The predicted molar refractivity (Wildman–Crippen MR) is 77.4 cm³/mol. The fourth-order valence-electron chi connectivity index (χ4n) is 2.38. The van der Waals surface area contributed by atoms with Gasteiger partial charge in [0.25, 0.3) is 0 Å². The maximum absolute atomic E-state index is 12.6. The zero-order chi connectivity index (χ0) is 13.0. The van der Waals surface area contributed by atoms with E-state index in [-0.39, 0.29) is 24.4 Å². The molecule has 6 heteroatoms. The summed E-state index contributed by atoms with van der Waals surface area (Å²) < 4.78 is 1.82. The van der Waals surface area contributed by atoms with Gasteiger partial charge in [-0.05, 0) is 45.3 Å². The first kappa shape index (κ1) is 16.0. The molecule has 1 atom stereocenters. The topological polar surface area (TPSA) is 59.0 Å². The van der Waals surface area contributed by atoms with Crippen molar-refractivity contribution >= 4 is 18.3 Å². The van der Waals surface area contributed by atoms with Gasteiger partial charge in [-0.25, -0.2) is 0 Å². The summed E-state index contributed by atoms with van der Waals surface area (Å²) in [6.07, 6.45) is 6.15. The number of piperidine rings is 1. The summed E-state index contributed by atoms with van der Waals surface area (Å²) in [4.78, 5) is 12.6. The Hall–Kier alpha value is -1.07. The third-order valence-corrected chi connectivity index (χ3v) is 3.79. The monoisotopic (exact) mass is 286 g/mol. The van der Waals surface area contributed by atoms with Crippen molar-refractivity contribution in [2.24, 2.45) is 0 Å². The SMILES string of the molecule is CCC(C)NC(=O)C1(n2cccn2)CCNCC1.Cl. The molecule has 0 aliphatic carbocycles. The van der Waals surface area contributed by atoms with Crippen LogP contribution in [0.1, 0.15) is 33.1 Å². The highest BCUT2D eigenvalue weighted by atomic mass is 35.5. The first-order valence-electron chi connectivity index (χ1n) is 6.71. The number of nitrogens with zero attached hydrogens (tertiary/aromatic N) is 2. The van der Waals surface area contributed by atoms with E-state index in [1.165, 1.54) is 0 Å². The van der Waals surface area contributed by atoms with E-state index < -0.39 is 5.54 Å². The Morgan fingerprint density at radius 3 is 2.74 bits per heavy atom. The number of carbonyl (C=O) groups is 1. The molecule has 0 aromatic carbocycles. The second-order valence-electron chi connectivity index (χ2n) is 5.01. The third-order valence-electron chi connectivity index (χ3n) is 3.79. The van der Waals surface area contributed by atoms with E-state index in [2.05, 4.69) is 22.7 Å². The van der Waals surface area contributed by atoms with E-state index in [4.69, 9.17) is 0 Å². The molecule has 2 heterocycles. The Morgan fingerprint density at radius 1 is 1.53 bits per heavy atom. The second kappa shape index (κ2) is 6.91. The highest BCUT2D eigenvalue weighted by molar-refractivity contribution is 5.85. The van der Waals surface area contributed by atoms with Gasteiger partial charge >= 0.3 is 0 Å². The molecule has 1 aliphatic heterocycles. The van der Waals surface area contributed by atoms with E-state index >= 15 is 0 Å². The molecule has 1 amide bonds. The van der Waals surface area contributed by atoms with Crippen LogP contribution in [0.4, 0.5) is 0 Å². The summed E-state index contributed by atoms with van der Waals surface area (Å²) >= 11 is 0. The van der Waals surface area contributed by atoms with Crippen molar-refractivity contribution in [3.05, 3.63) is 18.5 Å². The van der Waals surface area contributed by atoms with Crippen LogP contribution in [0.15, 0.2) is 18.5 Å². The van der Waals surface area contributed by atoms with Gasteiger partial charge in [0.1, 0.15) is 5.54 Å². The predicted octanol–water partition coefficient (Wildman–Crippen LogP) is 1.30. The number of hydrogen-bond acceptors (Lipinski definition) is 3. The van der Waals surface area contributed by atoms with Gasteiger partial charge in [-0.3, -0.25) is 9.48 Å². The Bertz CT molecular complexity index is 387. The van der Waals surface area contributed by atoms with Crippen molar-refractivity contribution < 1.29 is 4.79 Å². The molecule has 0 saturated carbocycles. The number of hydrogen-bond donors (Lipinski definition) is 2. The van der Waals surface area contributed by atoms with Gasteiger partial charge in [0.2, 0.25) is 5.91 Å². The summed E-state index contributed by atoms with van der Waals surface area (Å²) in [5.41, 5.74) is -0.516. The molecule has 1 unspecified atom stereocenters. The molecular weight excluding hydrogens is 264 g/mol. The molecule has 0 spiro atoms. The Balaban J connectivity index is 0.00000180. The maximum atomic E-state index is 12.6. The van der Waals surface area contributed by atoms with Gasteiger partial charge in [0, 0.05) is 18.4 Å². The van der Waals surface area contributed by atoms with E-state index in [1.54, 1.807) is 6.20 Å². The Kier molecular flexibility index (Phi) is 5.82. The van der Waals surface area contributed by atoms with Crippen LogP contribution in [0.25, 0.3) is 0 Å². The molecule has 1 saturated heterocycles. The molecular formula is C13H23ClN4O. The highest BCUT2D eigenvalue weighted by Gasteiger charge is 2.42. The van der Waals surface area contributed by atoms with E-state index in [9.17, 15) is 4.79 Å². The van der Waals surface area contributed by atoms with Crippen LogP contribution >= 0.6 is 12.4 Å².